The number of hydrogen-bond donors (Lipinski definition) is 2. The molecule has 0 fully saturated rings. The number of hydrogen-bond acceptors (Lipinski definition) is 3. The van der Waals surface area contributed by atoms with E-state index in [0.29, 0.717) is 21.4 Å². The van der Waals surface area contributed by atoms with Gasteiger partial charge in [0.15, 0.2) is 0 Å². The Morgan fingerprint density at radius 1 is 1.00 bits per heavy atom. The second kappa shape index (κ2) is 8.85. The van der Waals surface area contributed by atoms with Gasteiger partial charge in [0, 0.05) is 21.4 Å². The van der Waals surface area contributed by atoms with Crippen molar-refractivity contribution < 1.29 is 9.59 Å². The maximum Gasteiger partial charge on any atom is 0.241 e. The molecule has 2 amide bonds. The molecular formula is C18H19Cl2N3O2. The third-order valence-electron chi connectivity index (χ3n) is 3.65. The van der Waals surface area contributed by atoms with Gasteiger partial charge in [-0.25, -0.2) is 0 Å². The number of amides is 2. The highest BCUT2D eigenvalue weighted by molar-refractivity contribution is 6.31. The molecule has 7 heteroatoms. The van der Waals surface area contributed by atoms with Gasteiger partial charge >= 0.3 is 0 Å². The number of halogens is 2. The zero-order chi connectivity index (χ0) is 18.4. The van der Waals surface area contributed by atoms with Gasteiger partial charge in [-0.05, 0) is 56.4 Å². The van der Waals surface area contributed by atoms with E-state index in [1.54, 1.807) is 67.4 Å². The first-order valence-corrected chi connectivity index (χ1v) is 8.43. The van der Waals surface area contributed by atoms with Crippen LogP contribution >= 0.6 is 23.2 Å². The van der Waals surface area contributed by atoms with E-state index in [2.05, 4.69) is 10.6 Å². The van der Waals surface area contributed by atoms with Gasteiger partial charge in [-0.1, -0.05) is 29.3 Å². The summed E-state index contributed by atoms with van der Waals surface area (Å²) >= 11 is 11.7. The number of benzene rings is 2. The fraction of sp³-hybridized carbons (Fsp3) is 0.222. The van der Waals surface area contributed by atoms with Gasteiger partial charge in [0.1, 0.15) is 0 Å². The van der Waals surface area contributed by atoms with Crippen molar-refractivity contribution in [3.63, 3.8) is 0 Å². The lowest BCUT2D eigenvalue weighted by Gasteiger charge is -2.23. The highest BCUT2D eigenvalue weighted by Crippen LogP contribution is 2.16. The molecule has 0 unspecified atom stereocenters. The Hall–Kier alpha value is -2.08. The van der Waals surface area contributed by atoms with Gasteiger partial charge in [0.25, 0.3) is 0 Å². The lowest BCUT2D eigenvalue weighted by atomic mass is 10.2. The average Bonchev–Trinajstić information content (AvgIpc) is 2.56. The SMILES string of the molecule is C[C@@H](C(=O)Nc1cccc(Cl)c1)N(C)CC(=O)Nc1ccc(Cl)cc1. The van der Waals surface area contributed by atoms with Crippen molar-refractivity contribution in [2.75, 3.05) is 24.2 Å². The van der Waals surface area contributed by atoms with E-state index in [4.69, 9.17) is 23.2 Å². The number of carbonyl (C=O) groups is 2. The third-order valence-corrected chi connectivity index (χ3v) is 4.14. The van der Waals surface area contributed by atoms with Crippen LogP contribution in [0.3, 0.4) is 0 Å². The van der Waals surface area contributed by atoms with Crippen LogP contribution in [-0.2, 0) is 9.59 Å². The fourth-order valence-corrected chi connectivity index (χ4v) is 2.43. The van der Waals surface area contributed by atoms with E-state index in [0.717, 1.165) is 0 Å². The fourth-order valence-electron chi connectivity index (χ4n) is 2.11. The van der Waals surface area contributed by atoms with Crippen molar-refractivity contribution in [1.82, 2.24) is 4.90 Å². The number of nitrogens with one attached hydrogen (secondary N) is 2. The molecule has 2 aromatic rings. The Kier molecular flexibility index (Phi) is 6.82. The number of likely N-dealkylation sites (N-methyl/N-ethyl adjacent to an activating group) is 1. The van der Waals surface area contributed by atoms with Crippen LogP contribution in [0.4, 0.5) is 11.4 Å². The highest BCUT2D eigenvalue weighted by Gasteiger charge is 2.20. The molecule has 0 aromatic heterocycles. The van der Waals surface area contributed by atoms with Gasteiger partial charge in [0.2, 0.25) is 11.8 Å². The molecule has 2 N–H and O–H groups in total. The molecule has 0 radical (unpaired) electrons. The Morgan fingerprint density at radius 3 is 2.32 bits per heavy atom. The summed E-state index contributed by atoms with van der Waals surface area (Å²) in [5, 5.41) is 6.69. The van der Waals surface area contributed by atoms with Crippen LogP contribution in [0.15, 0.2) is 48.5 Å². The number of carbonyl (C=O) groups excluding carboxylic acids is 2. The Balaban J connectivity index is 1.88. The predicted molar refractivity (Wildman–Crippen MR) is 102 cm³/mol. The molecule has 0 spiro atoms. The molecular weight excluding hydrogens is 361 g/mol. The summed E-state index contributed by atoms with van der Waals surface area (Å²) in [4.78, 5) is 26.1. The first-order valence-electron chi connectivity index (χ1n) is 7.67. The van der Waals surface area contributed by atoms with Gasteiger partial charge < -0.3 is 10.6 Å². The van der Waals surface area contributed by atoms with E-state index in [9.17, 15) is 9.59 Å². The van der Waals surface area contributed by atoms with Crippen molar-refractivity contribution >= 4 is 46.4 Å². The number of rotatable bonds is 6. The van der Waals surface area contributed by atoms with Crippen LogP contribution < -0.4 is 10.6 Å². The molecule has 0 bridgehead atoms. The zero-order valence-electron chi connectivity index (χ0n) is 13.9. The van der Waals surface area contributed by atoms with Crippen molar-refractivity contribution in [2.45, 2.75) is 13.0 Å². The van der Waals surface area contributed by atoms with Crippen LogP contribution in [0.25, 0.3) is 0 Å². The Bertz CT molecular complexity index is 750. The Morgan fingerprint density at radius 2 is 1.68 bits per heavy atom. The van der Waals surface area contributed by atoms with Crippen molar-refractivity contribution in [1.29, 1.82) is 0 Å². The zero-order valence-corrected chi connectivity index (χ0v) is 15.4. The topological polar surface area (TPSA) is 61.4 Å². The third kappa shape index (κ3) is 6.05. The molecule has 0 aliphatic rings. The summed E-state index contributed by atoms with van der Waals surface area (Å²) in [5.74, 6) is -0.434. The lowest BCUT2D eigenvalue weighted by molar-refractivity contribution is -0.122. The summed E-state index contributed by atoms with van der Waals surface area (Å²) in [6.07, 6.45) is 0. The Labute approximate surface area is 156 Å². The molecule has 25 heavy (non-hydrogen) atoms. The van der Waals surface area contributed by atoms with E-state index >= 15 is 0 Å². The maximum absolute atomic E-state index is 12.3. The average molecular weight is 380 g/mol. The van der Waals surface area contributed by atoms with Crippen LogP contribution in [-0.4, -0.2) is 36.3 Å². The summed E-state index contributed by atoms with van der Waals surface area (Å²) in [6.45, 7) is 1.81. The molecule has 0 heterocycles. The number of nitrogens with zero attached hydrogens (tertiary/aromatic N) is 1. The van der Waals surface area contributed by atoms with Crippen molar-refractivity contribution in [3.05, 3.63) is 58.6 Å². The standard InChI is InChI=1S/C18H19Cl2N3O2/c1-12(18(25)22-16-5-3-4-14(20)10-16)23(2)11-17(24)21-15-8-6-13(19)7-9-15/h3-10,12H,11H2,1-2H3,(H,21,24)(H,22,25)/t12-/m0/s1. The molecule has 132 valence electrons. The van der Waals surface area contributed by atoms with Crippen LogP contribution in [0.2, 0.25) is 10.0 Å². The summed E-state index contributed by atoms with van der Waals surface area (Å²) in [6, 6.07) is 13.2. The second-order valence-corrected chi connectivity index (χ2v) is 6.52. The van der Waals surface area contributed by atoms with Crippen LogP contribution in [0.5, 0.6) is 0 Å². The van der Waals surface area contributed by atoms with Gasteiger partial charge in [-0.2, -0.15) is 0 Å². The van der Waals surface area contributed by atoms with Crippen molar-refractivity contribution in [2.24, 2.45) is 0 Å². The minimum atomic E-state index is -0.491. The van der Waals surface area contributed by atoms with Crippen LogP contribution in [0.1, 0.15) is 6.92 Å². The lowest BCUT2D eigenvalue weighted by Crippen LogP contribution is -2.43. The normalized spacial score (nSPS) is 11.9. The summed E-state index contributed by atoms with van der Waals surface area (Å²) < 4.78 is 0. The molecule has 2 aromatic carbocycles. The molecule has 0 aliphatic carbocycles. The highest BCUT2D eigenvalue weighted by atomic mass is 35.5. The first-order chi connectivity index (χ1) is 11.8. The van der Waals surface area contributed by atoms with E-state index in [1.807, 2.05) is 0 Å². The van der Waals surface area contributed by atoms with Crippen molar-refractivity contribution in [3.8, 4) is 0 Å². The van der Waals surface area contributed by atoms with E-state index in [-0.39, 0.29) is 18.4 Å². The van der Waals surface area contributed by atoms with E-state index < -0.39 is 6.04 Å². The monoisotopic (exact) mass is 379 g/mol. The van der Waals surface area contributed by atoms with Crippen LogP contribution in [0, 0.1) is 0 Å². The molecule has 0 saturated carbocycles. The molecule has 1 atom stereocenters. The smallest absolute Gasteiger partial charge is 0.241 e. The quantitative estimate of drug-likeness (QED) is 0.799. The molecule has 2 rings (SSSR count). The molecule has 0 aliphatic heterocycles. The largest absolute Gasteiger partial charge is 0.325 e. The molecule has 0 saturated heterocycles. The first kappa shape index (κ1) is 19.2. The molecule has 5 nitrogen and oxygen atoms in total. The number of anilines is 2. The van der Waals surface area contributed by atoms with E-state index in [1.165, 1.54) is 0 Å². The van der Waals surface area contributed by atoms with Gasteiger partial charge in [0.05, 0.1) is 12.6 Å². The summed E-state index contributed by atoms with van der Waals surface area (Å²) in [7, 11) is 1.71. The summed E-state index contributed by atoms with van der Waals surface area (Å²) in [5.41, 5.74) is 1.27. The predicted octanol–water partition coefficient (Wildman–Crippen LogP) is 3.89. The van der Waals surface area contributed by atoms with Gasteiger partial charge in [-0.3, -0.25) is 14.5 Å². The van der Waals surface area contributed by atoms with Gasteiger partial charge in [-0.15, -0.1) is 0 Å². The maximum atomic E-state index is 12.3. The minimum Gasteiger partial charge on any atom is -0.325 e. The minimum absolute atomic E-state index is 0.0761. The second-order valence-electron chi connectivity index (χ2n) is 5.65.